The maximum atomic E-state index is 12.3. The number of nitrogens with zero attached hydrogens (tertiary/aromatic N) is 2. The third-order valence-electron chi connectivity index (χ3n) is 3.43. The molecule has 0 saturated carbocycles. The third-order valence-corrected chi connectivity index (χ3v) is 5.62. The molecule has 0 saturated heterocycles. The fraction of sp³-hybridized carbons (Fsp3) is 0.438. The van der Waals surface area contributed by atoms with Crippen LogP contribution in [0.25, 0.3) is 0 Å². The summed E-state index contributed by atoms with van der Waals surface area (Å²) in [6.07, 6.45) is 0.705. The van der Waals surface area contributed by atoms with Crippen LogP contribution in [0.4, 0.5) is 14.5 Å². The lowest BCUT2D eigenvalue weighted by molar-refractivity contribution is 0.181. The Bertz CT molecular complexity index is 796. The Morgan fingerprint density at radius 3 is 2.26 bits per heavy atom. The number of hydrogen-bond acceptors (Lipinski definition) is 3. The van der Waals surface area contributed by atoms with Crippen molar-refractivity contribution in [3.05, 3.63) is 38.0 Å². The average molecular weight is 508 g/mol. The predicted molar refractivity (Wildman–Crippen MR) is 111 cm³/mol. The van der Waals surface area contributed by atoms with Gasteiger partial charge < -0.3 is 5.32 Å². The van der Waals surface area contributed by atoms with Gasteiger partial charge in [0, 0.05) is 11.5 Å². The number of anilines is 1. The zero-order valence-electron chi connectivity index (χ0n) is 15.1. The van der Waals surface area contributed by atoms with Crippen molar-refractivity contribution < 1.29 is 17.5 Å². The summed E-state index contributed by atoms with van der Waals surface area (Å²) in [4.78, 5) is 0.0801. The Morgan fingerprint density at radius 1 is 1.33 bits per heavy atom. The van der Waals surface area contributed by atoms with Crippen LogP contribution in [-0.2, 0) is 28.8 Å². The Balaban J connectivity index is 0.000000277. The molecule has 0 spiro atoms. The summed E-state index contributed by atoms with van der Waals surface area (Å²) in [5.74, 6) is 0.400. The molecule has 27 heavy (non-hydrogen) atoms. The summed E-state index contributed by atoms with van der Waals surface area (Å²) in [6.45, 7) is 3.31. The van der Waals surface area contributed by atoms with Gasteiger partial charge in [0.2, 0.25) is 16.0 Å². The zero-order valence-corrected chi connectivity index (χ0v) is 19.1. The smallest absolute Gasteiger partial charge is 0.313 e. The van der Waals surface area contributed by atoms with Crippen molar-refractivity contribution >= 4 is 55.9 Å². The molecule has 0 fully saturated rings. The SMILES string of the molecule is Cc1c(NC(F)F)c(CC(C)C)nn1C.O=[SH+](O)c1c(Cl)cc(Br)cc1Cl. The molecule has 0 bridgehead atoms. The van der Waals surface area contributed by atoms with Crippen molar-refractivity contribution in [2.75, 3.05) is 5.32 Å². The van der Waals surface area contributed by atoms with E-state index in [9.17, 15) is 13.0 Å². The lowest BCUT2D eigenvalue weighted by Gasteiger charge is -2.07. The van der Waals surface area contributed by atoms with Crippen LogP contribution in [0, 0.1) is 12.8 Å². The second kappa shape index (κ2) is 10.7. The molecule has 0 radical (unpaired) electrons. The summed E-state index contributed by atoms with van der Waals surface area (Å²) in [6, 6.07) is 3.04. The molecule has 5 nitrogen and oxygen atoms in total. The van der Waals surface area contributed by atoms with E-state index in [-0.39, 0.29) is 14.9 Å². The van der Waals surface area contributed by atoms with Crippen molar-refractivity contribution in [3.8, 4) is 0 Å². The summed E-state index contributed by atoms with van der Waals surface area (Å²) in [5, 5.41) is 6.76. The minimum atomic E-state index is -2.54. The number of halogens is 5. The van der Waals surface area contributed by atoms with Crippen LogP contribution >= 0.6 is 39.1 Å². The van der Waals surface area contributed by atoms with Crippen LogP contribution in [-0.4, -0.2) is 20.9 Å². The topological polar surface area (TPSA) is 67.2 Å². The van der Waals surface area contributed by atoms with E-state index in [0.717, 1.165) is 5.69 Å². The first-order chi connectivity index (χ1) is 12.4. The second-order valence-corrected chi connectivity index (χ2v) is 8.79. The predicted octanol–water partition coefficient (Wildman–Crippen LogP) is 5.85. The molecule has 0 aliphatic heterocycles. The highest BCUT2D eigenvalue weighted by atomic mass is 79.9. The lowest BCUT2D eigenvalue weighted by atomic mass is 10.1. The van der Waals surface area contributed by atoms with Crippen LogP contribution in [0.5, 0.6) is 0 Å². The second-order valence-electron chi connectivity index (χ2n) is 6.06. The molecular formula is C16H21BrCl2F2N3O2S+. The van der Waals surface area contributed by atoms with Gasteiger partial charge in [0.25, 0.3) is 0 Å². The maximum absolute atomic E-state index is 12.3. The van der Waals surface area contributed by atoms with E-state index in [1.165, 1.54) is 12.1 Å². The first-order valence-electron chi connectivity index (χ1n) is 7.81. The van der Waals surface area contributed by atoms with Gasteiger partial charge in [-0.25, -0.2) is 0 Å². The van der Waals surface area contributed by atoms with E-state index in [1.807, 2.05) is 13.8 Å². The third kappa shape index (κ3) is 7.30. The Labute approximate surface area is 177 Å². The molecule has 1 atom stereocenters. The molecule has 2 rings (SSSR count). The number of aryl methyl sites for hydroxylation is 1. The van der Waals surface area contributed by atoms with Gasteiger partial charge in [-0.1, -0.05) is 57.2 Å². The first-order valence-corrected chi connectivity index (χ1v) is 10.6. The highest BCUT2D eigenvalue weighted by Crippen LogP contribution is 2.31. The van der Waals surface area contributed by atoms with Crippen LogP contribution in [0.15, 0.2) is 21.5 Å². The minimum absolute atomic E-state index is 0.0801. The lowest BCUT2D eigenvalue weighted by Crippen LogP contribution is -2.09. The molecule has 0 aliphatic carbocycles. The molecule has 2 aromatic rings. The van der Waals surface area contributed by atoms with Gasteiger partial charge in [0.15, 0.2) is 0 Å². The fourth-order valence-corrected chi connectivity index (χ4v) is 4.36. The fourth-order valence-electron chi connectivity index (χ4n) is 2.22. The van der Waals surface area contributed by atoms with Crippen molar-refractivity contribution in [2.45, 2.75) is 38.6 Å². The standard InChI is InChI=1S/C10H17F2N3.C6H3BrCl2O2S/c1-6(2)5-8-9(13-10(11)12)7(3)15(4)14-8;7-3-1-4(8)6(12(10)11)5(9)2-3/h6,10,13H,5H2,1-4H3;1-2H,(H,10,11)/p+1. The Kier molecular flexibility index (Phi) is 9.64. The molecule has 1 heterocycles. The monoisotopic (exact) mass is 506 g/mol. The van der Waals surface area contributed by atoms with Crippen molar-refractivity contribution in [2.24, 2.45) is 13.0 Å². The summed E-state index contributed by atoms with van der Waals surface area (Å²) >= 11 is 12.0. The van der Waals surface area contributed by atoms with Crippen molar-refractivity contribution in [1.29, 1.82) is 0 Å². The number of benzene rings is 1. The number of aromatic nitrogens is 2. The van der Waals surface area contributed by atoms with E-state index in [0.29, 0.717) is 28.2 Å². The van der Waals surface area contributed by atoms with Crippen LogP contribution in [0.2, 0.25) is 10.0 Å². The number of rotatable bonds is 5. The minimum Gasteiger partial charge on any atom is -0.327 e. The zero-order chi connectivity index (χ0) is 20.9. The molecule has 1 aromatic carbocycles. The van der Waals surface area contributed by atoms with E-state index >= 15 is 0 Å². The van der Waals surface area contributed by atoms with Gasteiger partial charge in [0.05, 0.1) is 17.1 Å². The number of alkyl halides is 2. The highest BCUT2D eigenvalue weighted by Gasteiger charge is 2.18. The van der Waals surface area contributed by atoms with Gasteiger partial charge in [0.1, 0.15) is 10.0 Å². The van der Waals surface area contributed by atoms with Gasteiger partial charge in [-0.3, -0.25) is 4.68 Å². The molecular weight excluding hydrogens is 487 g/mol. The van der Waals surface area contributed by atoms with Gasteiger partial charge >= 0.3 is 6.55 Å². The molecule has 1 unspecified atom stereocenters. The Hall–Kier alpha value is -0.740. The van der Waals surface area contributed by atoms with Crippen LogP contribution in [0.1, 0.15) is 25.2 Å². The average Bonchev–Trinajstić information content (AvgIpc) is 2.73. The number of nitrogens with one attached hydrogen (secondary N) is 1. The summed E-state index contributed by atoms with van der Waals surface area (Å²) in [7, 11) is 1.76. The van der Waals surface area contributed by atoms with E-state index < -0.39 is 17.6 Å². The van der Waals surface area contributed by atoms with E-state index in [2.05, 4.69) is 26.3 Å². The van der Waals surface area contributed by atoms with E-state index in [4.69, 9.17) is 27.8 Å². The van der Waals surface area contributed by atoms with Gasteiger partial charge in [-0.05, 0) is 31.4 Å². The van der Waals surface area contributed by atoms with E-state index in [1.54, 1.807) is 18.7 Å². The normalized spacial score (nSPS) is 12.1. The molecule has 2 N–H and O–H groups in total. The quantitative estimate of drug-likeness (QED) is 0.303. The maximum Gasteiger partial charge on any atom is 0.313 e. The first kappa shape index (κ1) is 24.3. The molecule has 152 valence electrons. The summed E-state index contributed by atoms with van der Waals surface area (Å²) in [5.41, 5.74) is 1.93. The molecule has 11 heteroatoms. The molecule has 0 amide bonds. The van der Waals surface area contributed by atoms with Gasteiger partial charge in [-0.15, -0.1) is 0 Å². The number of thiol groups is 1. The molecule has 0 aliphatic rings. The molecule has 1 aromatic heterocycles. The largest absolute Gasteiger partial charge is 0.327 e. The Morgan fingerprint density at radius 2 is 1.85 bits per heavy atom. The van der Waals surface area contributed by atoms with Crippen molar-refractivity contribution in [1.82, 2.24) is 9.78 Å². The van der Waals surface area contributed by atoms with Gasteiger partial charge in [-0.2, -0.15) is 18.4 Å². The van der Waals surface area contributed by atoms with Crippen LogP contribution in [0.3, 0.4) is 0 Å². The van der Waals surface area contributed by atoms with Crippen LogP contribution < -0.4 is 5.32 Å². The highest BCUT2D eigenvalue weighted by molar-refractivity contribution is 9.10. The summed E-state index contributed by atoms with van der Waals surface area (Å²) < 4.78 is 46.4. The number of hydrogen-bond donors (Lipinski definition) is 2. The van der Waals surface area contributed by atoms with Crippen molar-refractivity contribution in [3.63, 3.8) is 0 Å².